The smallest absolute Gasteiger partial charge is 0.302 e. The molecule has 0 aromatic carbocycles. The molecule has 2 heterocycles. The number of hydrogen-bond donors (Lipinski definition) is 0. The average molecular weight is 292 g/mol. The highest BCUT2D eigenvalue weighted by Crippen LogP contribution is 2.23. The fourth-order valence-electron chi connectivity index (χ4n) is 2.04. The fraction of sp³-hybridized carbons (Fsp3) is 0.600. The maximum Gasteiger partial charge on any atom is 0.302 e. The second kappa shape index (κ2) is 4.93. The van der Waals surface area contributed by atoms with Crippen LogP contribution in [0.2, 0.25) is 0 Å². The van der Waals surface area contributed by atoms with Crippen molar-refractivity contribution in [3.63, 3.8) is 0 Å². The lowest BCUT2D eigenvalue weighted by molar-refractivity contribution is -0.128. The molecule has 1 fully saturated rings. The fourth-order valence-corrected chi connectivity index (χ4v) is 3.61. The maximum atomic E-state index is 12.6. The Morgan fingerprint density at radius 2 is 2.33 bits per heavy atom. The number of amides is 1. The number of carbonyl (C=O) groups excluding carboxylic acids is 1. The van der Waals surface area contributed by atoms with Gasteiger partial charge in [0.2, 0.25) is 5.91 Å². The molecule has 0 saturated carbocycles. The maximum absolute atomic E-state index is 12.6. The van der Waals surface area contributed by atoms with Gasteiger partial charge in [0.1, 0.15) is 5.01 Å². The molecule has 1 saturated heterocycles. The van der Waals surface area contributed by atoms with E-state index in [-0.39, 0.29) is 18.9 Å². The Bertz CT molecular complexity index is 555. The van der Waals surface area contributed by atoms with Crippen LogP contribution in [-0.2, 0) is 21.6 Å². The van der Waals surface area contributed by atoms with E-state index in [1.165, 1.54) is 16.2 Å². The van der Waals surface area contributed by atoms with E-state index in [2.05, 4.69) is 4.98 Å². The Balaban J connectivity index is 1.97. The summed E-state index contributed by atoms with van der Waals surface area (Å²) in [5.41, 5.74) is 0.893. The zero-order valence-electron chi connectivity index (χ0n) is 9.80. The van der Waals surface area contributed by atoms with Gasteiger partial charge in [-0.2, -0.15) is 8.42 Å². The van der Waals surface area contributed by atoms with E-state index in [9.17, 15) is 17.1 Å². The van der Waals surface area contributed by atoms with Gasteiger partial charge in [0.15, 0.2) is 0 Å². The Kier molecular flexibility index (Phi) is 3.67. The van der Waals surface area contributed by atoms with Crippen LogP contribution < -0.4 is 0 Å². The molecule has 18 heavy (non-hydrogen) atoms. The van der Waals surface area contributed by atoms with Gasteiger partial charge in [-0.05, 0) is 6.92 Å². The third-order valence-corrected chi connectivity index (χ3v) is 4.54. The summed E-state index contributed by atoms with van der Waals surface area (Å²) in [7, 11) is -4.52. The molecule has 5 nitrogen and oxygen atoms in total. The van der Waals surface area contributed by atoms with Gasteiger partial charge in [-0.15, -0.1) is 15.2 Å². The first kappa shape index (κ1) is 13.4. The van der Waals surface area contributed by atoms with Crippen molar-refractivity contribution < 1.29 is 17.1 Å². The standard InChI is InChI=1S/C10H13FN2O3S2/c1-7-5-17-9(12-7)4-13-3-8(2-10(13)14)6-18(11,15)16/h5,8H,2-4,6H2,1H3. The molecule has 0 bridgehead atoms. The van der Waals surface area contributed by atoms with Crippen molar-refractivity contribution in [2.45, 2.75) is 19.9 Å². The van der Waals surface area contributed by atoms with E-state index in [0.29, 0.717) is 6.54 Å². The normalized spacial score (nSPS) is 20.7. The Morgan fingerprint density at radius 3 is 2.89 bits per heavy atom. The van der Waals surface area contributed by atoms with Crippen molar-refractivity contribution in [3.8, 4) is 0 Å². The van der Waals surface area contributed by atoms with Gasteiger partial charge in [0.05, 0.1) is 12.3 Å². The highest BCUT2D eigenvalue weighted by atomic mass is 32.3. The molecule has 1 aliphatic rings. The Hall–Kier alpha value is -1.02. The van der Waals surface area contributed by atoms with Crippen LogP contribution in [0.5, 0.6) is 0 Å². The number of halogens is 1. The molecule has 1 amide bonds. The first-order valence-electron chi connectivity index (χ1n) is 5.44. The SMILES string of the molecule is Cc1csc(CN2CC(CS(=O)(=O)F)CC2=O)n1. The third-order valence-electron chi connectivity index (χ3n) is 2.72. The lowest BCUT2D eigenvalue weighted by atomic mass is 10.1. The van der Waals surface area contributed by atoms with E-state index in [4.69, 9.17) is 0 Å². The lowest BCUT2D eigenvalue weighted by Crippen LogP contribution is -2.25. The molecule has 0 aliphatic carbocycles. The molecule has 1 aromatic rings. The Morgan fingerprint density at radius 1 is 1.61 bits per heavy atom. The second-order valence-electron chi connectivity index (χ2n) is 4.43. The number of rotatable bonds is 4. The molecule has 0 spiro atoms. The van der Waals surface area contributed by atoms with Crippen LogP contribution in [-0.4, -0.2) is 36.5 Å². The van der Waals surface area contributed by atoms with Crippen molar-refractivity contribution in [2.24, 2.45) is 5.92 Å². The summed E-state index contributed by atoms with van der Waals surface area (Å²) in [6.07, 6.45) is 0.0908. The molecular weight excluding hydrogens is 279 g/mol. The van der Waals surface area contributed by atoms with Crippen molar-refractivity contribution in [2.75, 3.05) is 12.3 Å². The first-order chi connectivity index (χ1) is 8.33. The van der Waals surface area contributed by atoms with Gasteiger partial charge in [-0.3, -0.25) is 4.79 Å². The van der Waals surface area contributed by atoms with Gasteiger partial charge in [-0.1, -0.05) is 0 Å². The molecule has 2 rings (SSSR count). The number of aromatic nitrogens is 1. The predicted molar refractivity (Wildman–Crippen MR) is 65.3 cm³/mol. The minimum absolute atomic E-state index is 0.0908. The average Bonchev–Trinajstić information content (AvgIpc) is 2.73. The topological polar surface area (TPSA) is 67.3 Å². The molecular formula is C10H13FN2O3S2. The molecule has 1 unspecified atom stereocenters. The predicted octanol–water partition coefficient (Wildman–Crippen LogP) is 1.10. The Labute approximate surface area is 109 Å². The van der Waals surface area contributed by atoms with Crippen LogP contribution >= 0.6 is 11.3 Å². The van der Waals surface area contributed by atoms with E-state index in [1.807, 2.05) is 12.3 Å². The van der Waals surface area contributed by atoms with Crippen LogP contribution in [0.15, 0.2) is 5.38 Å². The first-order valence-corrected chi connectivity index (χ1v) is 7.88. The van der Waals surface area contributed by atoms with Gasteiger partial charge < -0.3 is 4.90 Å². The van der Waals surface area contributed by atoms with Crippen molar-refractivity contribution in [1.29, 1.82) is 0 Å². The quantitative estimate of drug-likeness (QED) is 0.779. The summed E-state index contributed by atoms with van der Waals surface area (Å²) < 4.78 is 33.7. The summed E-state index contributed by atoms with van der Waals surface area (Å²) in [6, 6.07) is 0. The number of likely N-dealkylation sites (tertiary alicyclic amines) is 1. The van der Waals surface area contributed by atoms with Crippen LogP contribution in [0.1, 0.15) is 17.1 Å². The largest absolute Gasteiger partial charge is 0.336 e. The van der Waals surface area contributed by atoms with Gasteiger partial charge in [0.25, 0.3) is 0 Å². The van der Waals surface area contributed by atoms with Crippen LogP contribution in [0.25, 0.3) is 0 Å². The number of thiazole rings is 1. The number of aryl methyl sites for hydroxylation is 1. The monoisotopic (exact) mass is 292 g/mol. The highest BCUT2D eigenvalue weighted by molar-refractivity contribution is 7.86. The van der Waals surface area contributed by atoms with E-state index < -0.39 is 21.9 Å². The zero-order valence-corrected chi connectivity index (χ0v) is 11.4. The third kappa shape index (κ3) is 3.49. The second-order valence-corrected chi connectivity index (χ2v) is 6.79. The number of hydrogen-bond acceptors (Lipinski definition) is 5. The van der Waals surface area contributed by atoms with Crippen molar-refractivity contribution >= 4 is 27.5 Å². The zero-order chi connectivity index (χ0) is 13.3. The number of carbonyl (C=O) groups is 1. The van der Waals surface area contributed by atoms with Crippen LogP contribution in [0.4, 0.5) is 3.89 Å². The summed E-state index contributed by atoms with van der Waals surface area (Å²) in [5, 5.41) is 2.70. The molecule has 1 aliphatic heterocycles. The van der Waals surface area contributed by atoms with E-state index >= 15 is 0 Å². The van der Waals surface area contributed by atoms with Gasteiger partial charge in [-0.25, -0.2) is 4.98 Å². The summed E-state index contributed by atoms with van der Waals surface area (Å²) in [6.45, 7) is 2.52. The summed E-state index contributed by atoms with van der Waals surface area (Å²) >= 11 is 1.46. The molecule has 0 radical (unpaired) electrons. The lowest BCUT2D eigenvalue weighted by Gasteiger charge is -2.14. The molecule has 100 valence electrons. The number of nitrogens with zero attached hydrogens (tertiary/aromatic N) is 2. The van der Waals surface area contributed by atoms with E-state index in [1.54, 1.807) is 0 Å². The minimum atomic E-state index is -4.52. The molecule has 1 aromatic heterocycles. The highest BCUT2D eigenvalue weighted by Gasteiger charge is 2.33. The van der Waals surface area contributed by atoms with Crippen molar-refractivity contribution in [3.05, 3.63) is 16.1 Å². The molecule has 1 atom stereocenters. The van der Waals surface area contributed by atoms with E-state index in [0.717, 1.165) is 10.7 Å². The summed E-state index contributed by atoms with van der Waals surface area (Å²) in [4.78, 5) is 17.4. The minimum Gasteiger partial charge on any atom is -0.336 e. The molecule has 8 heteroatoms. The van der Waals surface area contributed by atoms with Gasteiger partial charge in [0, 0.05) is 30.0 Å². The summed E-state index contributed by atoms with van der Waals surface area (Å²) in [5.74, 6) is -1.17. The van der Waals surface area contributed by atoms with Crippen LogP contribution in [0, 0.1) is 12.8 Å². The van der Waals surface area contributed by atoms with Crippen LogP contribution in [0.3, 0.4) is 0 Å². The van der Waals surface area contributed by atoms with Gasteiger partial charge >= 0.3 is 10.2 Å². The van der Waals surface area contributed by atoms with Crippen molar-refractivity contribution in [1.82, 2.24) is 9.88 Å². The molecule has 0 N–H and O–H groups in total.